The number of carbonyl (C=O) groups is 1. The Hall–Kier alpha value is -2.49. The standard InChI is InChI=1S/C18H18O4/c1-4-21-18(19)17-13-8-6-5-7-12(13)15-14(22-17)10-9-11(2)16(15)20-3/h5-10,14H,4H2,1-3H3. The predicted molar refractivity (Wildman–Crippen MR) is 82.9 cm³/mol. The zero-order valence-electron chi connectivity index (χ0n) is 12.9. The molecule has 1 aliphatic heterocycles. The van der Waals surface area contributed by atoms with Crippen molar-refractivity contribution in [1.82, 2.24) is 0 Å². The van der Waals surface area contributed by atoms with E-state index in [1.54, 1.807) is 14.0 Å². The van der Waals surface area contributed by atoms with Gasteiger partial charge in [0.05, 0.1) is 13.7 Å². The number of methoxy groups -OCH3 is 1. The van der Waals surface area contributed by atoms with Crippen molar-refractivity contribution in [3.8, 4) is 0 Å². The van der Waals surface area contributed by atoms with Crippen molar-refractivity contribution in [2.45, 2.75) is 20.0 Å². The zero-order valence-corrected chi connectivity index (χ0v) is 12.9. The summed E-state index contributed by atoms with van der Waals surface area (Å²) in [7, 11) is 1.65. The number of esters is 1. The molecule has 0 spiro atoms. The SMILES string of the molecule is CCOC(=O)C1=c2ccccc2=C2C(OC)=C(C)C=CC2O1. The third-order valence-electron chi connectivity index (χ3n) is 3.78. The lowest BCUT2D eigenvalue weighted by Gasteiger charge is -2.28. The molecule has 0 amide bonds. The van der Waals surface area contributed by atoms with Gasteiger partial charge in [-0.25, -0.2) is 4.79 Å². The Morgan fingerprint density at radius 2 is 2.00 bits per heavy atom. The first-order chi connectivity index (χ1) is 10.7. The lowest BCUT2D eigenvalue weighted by molar-refractivity contribution is -0.138. The van der Waals surface area contributed by atoms with Crippen LogP contribution in [0.2, 0.25) is 0 Å². The van der Waals surface area contributed by atoms with E-state index in [4.69, 9.17) is 14.2 Å². The van der Waals surface area contributed by atoms with Crippen molar-refractivity contribution in [1.29, 1.82) is 0 Å². The third-order valence-corrected chi connectivity index (χ3v) is 3.78. The second-order valence-corrected chi connectivity index (χ2v) is 5.12. The zero-order chi connectivity index (χ0) is 15.7. The molecule has 0 fully saturated rings. The normalized spacial score (nSPS) is 19.3. The van der Waals surface area contributed by atoms with E-state index in [-0.39, 0.29) is 11.9 Å². The molecule has 0 saturated carbocycles. The number of ether oxygens (including phenoxy) is 3. The van der Waals surface area contributed by atoms with Crippen molar-refractivity contribution < 1.29 is 19.0 Å². The summed E-state index contributed by atoms with van der Waals surface area (Å²) in [6.45, 7) is 4.08. The van der Waals surface area contributed by atoms with Crippen LogP contribution in [-0.4, -0.2) is 25.8 Å². The van der Waals surface area contributed by atoms with Gasteiger partial charge in [0.1, 0.15) is 11.9 Å². The van der Waals surface area contributed by atoms with E-state index in [0.29, 0.717) is 6.61 Å². The van der Waals surface area contributed by atoms with Gasteiger partial charge in [-0.15, -0.1) is 0 Å². The van der Waals surface area contributed by atoms with Crippen molar-refractivity contribution in [3.63, 3.8) is 0 Å². The van der Waals surface area contributed by atoms with Crippen LogP contribution in [0.5, 0.6) is 0 Å². The summed E-state index contributed by atoms with van der Waals surface area (Å²) in [4.78, 5) is 12.2. The average Bonchev–Trinajstić information content (AvgIpc) is 2.54. The largest absolute Gasteiger partial charge is 0.496 e. The highest BCUT2D eigenvalue weighted by molar-refractivity contribution is 6.07. The lowest BCUT2D eigenvalue weighted by Crippen LogP contribution is -2.42. The maximum atomic E-state index is 12.2. The first-order valence-electron chi connectivity index (χ1n) is 7.28. The van der Waals surface area contributed by atoms with E-state index in [2.05, 4.69) is 0 Å². The number of hydrogen-bond donors (Lipinski definition) is 0. The molecule has 3 rings (SSSR count). The van der Waals surface area contributed by atoms with Gasteiger partial charge in [-0.3, -0.25) is 0 Å². The van der Waals surface area contributed by atoms with Crippen molar-refractivity contribution >= 4 is 17.3 Å². The number of allylic oxidation sites excluding steroid dienone is 2. The van der Waals surface area contributed by atoms with E-state index >= 15 is 0 Å². The summed E-state index contributed by atoms with van der Waals surface area (Å²) in [5.74, 6) is 0.612. The van der Waals surface area contributed by atoms with E-state index < -0.39 is 5.97 Å². The second kappa shape index (κ2) is 5.72. The first-order valence-corrected chi connectivity index (χ1v) is 7.28. The lowest BCUT2D eigenvalue weighted by atomic mass is 9.93. The molecular formula is C18H18O4. The highest BCUT2D eigenvalue weighted by atomic mass is 16.6. The molecule has 1 aromatic carbocycles. The van der Waals surface area contributed by atoms with Gasteiger partial charge in [0, 0.05) is 10.8 Å². The average molecular weight is 298 g/mol. The molecule has 0 aromatic heterocycles. The second-order valence-electron chi connectivity index (χ2n) is 5.12. The molecule has 4 heteroatoms. The number of benzene rings is 1. The Morgan fingerprint density at radius 1 is 1.27 bits per heavy atom. The Morgan fingerprint density at radius 3 is 2.68 bits per heavy atom. The number of hydrogen-bond acceptors (Lipinski definition) is 4. The van der Waals surface area contributed by atoms with Crippen LogP contribution in [0.3, 0.4) is 0 Å². The van der Waals surface area contributed by atoms with Crippen LogP contribution in [0, 0.1) is 0 Å². The van der Waals surface area contributed by atoms with Gasteiger partial charge in [0.2, 0.25) is 5.76 Å². The molecule has 4 nitrogen and oxygen atoms in total. The molecule has 0 bridgehead atoms. The molecule has 0 saturated heterocycles. The molecule has 22 heavy (non-hydrogen) atoms. The van der Waals surface area contributed by atoms with Gasteiger partial charge < -0.3 is 14.2 Å². The van der Waals surface area contributed by atoms with Crippen LogP contribution in [0.15, 0.2) is 47.7 Å². The number of carbonyl (C=O) groups excluding carboxylic acids is 1. The van der Waals surface area contributed by atoms with Crippen LogP contribution >= 0.6 is 0 Å². The fourth-order valence-corrected chi connectivity index (χ4v) is 2.85. The summed E-state index contributed by atoms with van der Waals surface area (Å²) in [6, 6.07) is 7.67. The summed E-state index contributed by atoms with van der Waals surface area (Å²) >= 11 is 0. The van der Waals surface area contributed by atoms with Gasteiger partial charge in [0.15, 0.2) is 0 Å². The number of fused-ring (bicyclic) bond motifs is 2. The van der Waals surface area contributed by atoms with E-state index in [1.807, 2.05) is 43.3 Å². The molecular weight excluding hydrogens is 280 g/mol. The molecule has 0 radical (unpaired) electrons. The molecule has 0 N–H and O–H groups in total. The van der Waals surface area contributed by atoms with Crippen molar-refractivity contribution in [3.05, 3.63) is 58.2 Å². The van der Waals surface area contributed by atoms with Gasteiger partial charge in [-0.1, -0.05) is 30.3 Å². The Bertz CT molecular complexity index is 799. The minimum absolute atomic E-state index is 0.255. The summed E-state index contributed by atoms with van der Waals surface area (Å²) in [5.41, 5.74) is 1.98. The molecule has 1 unspecified atom stereocenters. The molecule has 1 aliphatic carbocycles. The van der Waals surface area contributed by atoms with Crippen LogP contribution in [-0.2, 0) is 19.0 Å². The fourth-order valence-electron chi connectivity index (χ4n) is 2.85. The van der Waals surface area contributed by atoms with Crippen LogP contribution < -0.4 is 10.4 Å². The molecule has 1 heterocycles. The van der Waals surface area contributed by atoms with E-state index in [0.717, 1.165) is 27.3 Å². The number of rotatable bonds is 3. The Kier molecular flexibility index (Phi) is 3.75. The van der Waals surface area contributed by atoms with Crippen LogP contribution in [0.1, 0.15) is 13.8 Å². The van der Waals surface area contributed by atoms with Gasteiger partial charge >= 0.3 is 5.97 Å². The van der Waals surface area contributed by atoms with Gasteiger partial charge in [-0.2, -0.15) is 0 Å². The molecule has 1 aromatic rings. The predicted octanol–water partition coefficient (Wildman–Crippen LogP) is 1.40. The quantitative estimate of drug-likeness (QED) is 0.791. The molecule has 114 valence electrons. The highest BCUT2D eigenvalue weighted by Gasteiger charge is 2.31. The Labute approximate surface area is 129 Å². The van der Waals surface area contributed by atoms with Crippen molar-refractivity contribution in [2.75, 3.05) is 13.7 Å². The van der Waals surface area contributed by atoms with E-state index in [1.165, 1.54) is 0 Å². The minimum Gasteiger partial charge on any atom is -0.496 e. The summed E-state index contributed by atoms with van der Waals surface area (Å²) in [6.07, 6.45) is 3.54. The smallest absolute Gasteiger partial charge is 0.374 e. The van der Waals surface area contributed by atoms with Crippen LogP contribution in [0.4, 0.5) is 0 Å². The summed E-state index contributed by atoms with van der Waals surface area (Å²) in [5, 5.41) is 1.69. The fraction of sp³-hybridized carbons (Fsp3) is 0.278. The third kappa shape index (κ3) is 2.21. The van der Waals surface area contributed by atoms with E-state index in [9.17, 15) is 4.79 Å². The monoisotopic (exact) mass is 298 g/mol. The minimum atomic E-state index is -0.437. The maximum Gasteiger partial charge on any atom is 0.374 e. The summed E-state index contributed by atoms with van der Waals surface area (Å²) < 4.78 is 16.6. The maximum absolute atomic E-state index is 12.2. The first kappa shape index (κ1) is 14.4. The van der Waals surface area contributed by atoms with Gasteiger partial charge in [-0.05, 0) is 30.7 Å². The topological polar surface area (TPSA) is 44.8 Å². The highest BCUT2D eigenvalue weighted by Crippen LogP contribution is 2.30. The molecule has 2 aliphatic rings. The van der Waals surface area contributed by atoms with Gasteiger partial charge in [0.25, 0.3) is 0 Å². The van der Waals surface area contributed by atoms with Crippen molar-refractivity contribution in [2.24, 2.45) is 0 Å². The van der Waals surface area contributed by atoms with Crippen LogP contribution in [0.25, 0.3) is 11.3 Å². The molecule has 1 atom stereocenters. The Balaban J connectivity index is 2.34.